The number of rotatable bonds is 6. The molecule has 0 heterocycles. The van der Waals surface area contributed by atoms with Gasteiger partial charge in [0, 0.05) is 6.54 Å². The van der Waals surface area contributed by atoms with Crippen molar-refractivity contribution in [3.63, 3.8) is 0 Å². The SMILES string of the molecule is CCOC(=O)C(C)NC(=O)NCCC(=O)O. The van der Waals surface area contributed by atoms with Crippen LogP contribution in [-0.2, 0) is 14.3 Å². The summed E-state index contributed by atoms with van der Waals surface area (Å²) in [7, 11) is 0. The topological polar surface area (TPSA) is 105 Å². The first-order chi connectivity index (χ1) is 7.47. The number of carbonyl (C=O) groups excluding carboxylic acids is 2. The number of nitrogens with one attached hydrogen (secondary N) is 2. The minimum absolute atomic E-state index is 0.0106. The fourth-order valence-electron chi connectivity index (χ4n) is 0.857. The van der Waals surface area contributed by atoms with Gasteiger partial charge in [0.1, 0.15) is 6.04 Å². The van der Waals surface area contributed by atoms with Gasteiger partial charge in [-0.1, -0.05) is 0 Å². The van der Waals surface area contributed by atoms with E-state index in [-0.39, 0.29) is 19.6 Å². The number of amides is 2. The number of hydrogen-bond acceptors (Lipinski definition) is 4. The van der Waals surface area contributed by atoms with Crippen LogP contribution in [0.4, 0.5) is 4.79 Å². The molecule has 7 heteroatoms. The molecule has 0 aliphatic carbocycles. The predicted octanol–water partition coefficient (Wildman–Crippen LogP) is -0.288. The second-order valence-corrected chi connectivity index (χ2v) is 3.02. The van der Waals surface area contributed by atoms with E-state index < -0.39 is 24.0 Å². The maximum absolute atomic E-state index is 11.1. The Morgan fingerprint density at radius 1 is 1.38 bits per heavy atom. The monoisotopic (exact) mass is 232 g/mol. The van der Waals surface area contributed by atoms with Crippen LogP contribution >= 0.6 is 0 Å². The number of carboxylic acids is 1. The van der Waals surface area contributed by atoms with Crippen molar-refractivity contribution in [2.24, 2.45) is 0 Å². The van der Waals surface area contributed by atoms with Gasteiger partial charge in [-0.2, -0.15) is 0 Å². The lowest BCUT2D eigenvalue weighted by Crippen LogP contribution is -2.45. The second kappa shape index (κ2) is 7.49. The molecule has 3 N–H and O–H groups in total. The zero-order chi connectivity index (χ0) is 12.6. The minimum Gasteiger partial charge on any atom is -0.481 e. The molecule has 0 aromatic carbocycles. The minimum atomic E-state index is -1.00. The normalized spacial score (nSPS) is 11.4. The van der Waals surface area contributed by atoms with Crippen molar-refractivity contribution in [2.75, 3.05) is 13.2 Å². The van der Waals surface area contributed by atoms with Crippen molar-refractivity contribution in [2.45, 2.75) is 26.3 Å². The summed E-state index contributed by atoms with van der Waals surface area (Å²) in [5, 5.41) is 12.9. The number of aliphatic carboxylic acids is 1. The third-order valence-corrected chi connectivity index (χ3v) is 1.61. The van der Waals surface area contributed by atoms with Gasteiger partial charge in [0.15, 0.2) is 0 Å². The van der Waals surface area contributed by atoms with E-state index in [9.17, 15) is 14.4 Å². The Balaban J connectivity index is 3.77. The molecule has 0 saturated heterocycles. The zero-order valence-electron chi connectivity index (χ0n) is 9.28. The third kappa shape index (κ3) is 6.63. The van der Waals surface area contributed by atoms with Crippen LogP contribution in [0.1, 0.15) is 20.3 Å². The van der Waals surface area contributed by atoms with Crippen LogP contribution in [0.5, 0.6) is 0 Å². The fourth-order valence-corrected chi connectivity index (χ4v) is 0.857. The molecule has 0 spiro atoms. The molecule has 7 nitrogen and oxygen atoms in total. The van der Waals surface area contributed by atoms with Gasteiger partial charge in [-0.05, 0) is 13.8 Å². The van der Waals surface area contributed by atoms with Crippen LogP contribution < -0.4 is 10.6 Å². The maximum atomic E-state index is 11.1. The van der Waals surface area contributed by atoms with Crippen LogP contribution in [0.25, 0.3) is 0 Å². The summed E-state index contributed by atoms with van der Waals surface area (Å²) in [5.41, 5.74) is 0. The molecule has 0 aromatic rings. The average molecular weight is 232 g/mol. The molecule has 16 heavy (non-hydrogen) atoms. The van der Waals surface area contributed by atoms with Gasteiger partial charge in [-0.25, -0.2) is 9.59 Å². The summed E-state index contributed by atoms with van der Waals surface area (Å²) in [6, 6.07) is -1.36. The molecule has 0 aliphatic rings. The molecular weight excluding hydrogens is 216 g/mol. The quantitative estimate of drug-likeness (QED) is 0.546. The molecule has 0 fully saturated rings. The Kier molecular flexibility index (Phi) is 6.66. The molecule has 0 radical (unpaired) electrons. The number of carbonyl (C=O) groups is 3. The highest BCUT2D eigenvalue weighted by Gasteiger charge is 2.15. The lowest BCUT2D eigenvalue weighted by atomic mass is 10.3. The molecular formula is C9H16N2O5. The van der Waals surface area contributed by atoms with Gasteiger partial charge >= 0.3 is 18.0 Å². The smallest absolute Gasteiger partial charge is 0.328 e. The Labute approximate surface area is 93.2 Å². The number of urea groups is 1. The van der Waals surface area contributed by atoms with Crippen LogP contribution in [0.3, 0.4) is 0 Å². The highest BCUT2D eigenvalue weighted by atomic mass is 16.5. The molecule has 0 bridgehead atoms. The molecule has 0 aromatic heterocycles. The van der Waals surface area contributed by atoms with Gasteiger partial charge in [-0.15, -0.1) is 0 Å². The van der Waals surface area contributed by atoms with Crippen LogP contribution in [0.15, 0.2) is 0 Å². The van der Waals surface area contributed by atoms with E-state index in [1.54, 1.807) is 6.92 Å². The Morgan fingerprint density at radius 2 is 2.00 bits per heavy atom. The summed E-state index contributed by atoms with van der Waals surface area (Å²) in [6.07, 6.45) is -0.165. The highest BCUT2D eigenvalue weighted by Crippen LogP contribution is 1.87. The third-order valence-electron chi connectivity index (χ3n) is 1.61. The molecule has 92 valence electrons. The molecule has 0 saturated carbocycles. The first kappa shape index (κ1) is 14.2. The van der Waals surface area contributed by atoms with Crippen molar-refractivity contribution in [1.29, 1.82) is 0 Å². The van der Waals surface area contributed by atoms with Crippen LogP contribution in [-0.4, -0.2) is 42.3 Å². The van der Waals surface area contributed by atoms with Crippen LogP contribution in [0, 0.1) is 0 Å². The van der Waals surface area contributed by atoms with E-state index in [1.165, 1.54) is 6.92 Å². The van der Waals surface area contributed by atoms with Gasteiger partial charge in [0.05, 0.1) is 13.0 Å². The van der Waals surface area contributed by atoms with Crippen LogP contribution in [0.2, 0.25) is 0 Å². The number of hydrogen-bond donors (Lipinski definition) is 3. The van der Waals surface area contributed by atoms with Crippen molar-refractivity contribution < 1.29 is 24.2 Å². The van der Waals surface area contributed by atoms with E-state index >= 15 is 0 Å². The van der Waals surface area contributed by atoms with E-state index in [4.69, 9.17) is 5.11 Å². The number of ether oxygens (including phenoxy) is 1. The Hall–Kier alpha value is -1.79. The molecule has 2 amide bonds. The summed E-state index contributed by atoms with van der Waals surface area (Å²) in [6.45, 7) is 3.40. The van der Waals surface area contributed by atoms with E-state index in [1.807, 2.05) is 0 Å². The number of esters is 1. The van der Waals surface area contributed by atoms with E-state index in [0.29, 0.717) is 0 Å². The Bertz CT molecular complexity index is 267. The summed E-state index contributed by atoms with van der Waals surface area (Å²) in [4.78, 5) is 32.4. The molecule has 1 unspecified atom stereocenters. The second-order valence-electron chi connectivity index (χ2n) is 3.02. The first-order valence-electron chi connectivity index (χ1n) is 4.90. The zero-order valence-corrected chi connectivity index (χ0v) is 9.28. The predicted molar refractivity (Wildman–Crippen MR) is 54.9 cm³/mol. The maximum Gasteiger partial charge on any atom is 0.328 e. The largest absolute Gasteiger partial charge is 0.481 e. The molecule has 0 aliphatic heterocycles. The summed E-state index contributed by atoms with van der Waals surface area (Å²) >= 11 is 0. The van der Waals surface area contributed by atoms with Crippen molar-refractivity contribution in [1.82, 2.24) is 10.6 Å². The van der Waals surface area contributed by atoms with Crippen molar-refractivity contribution in [3.8, 4) is 0 Å². The first-order valence-corrected chi connectivity index (χ1v) is 4.90. The fraction of sp³-hybridized carbons (Fsp3) is 0.667. The van der Waals surface area contributed by atoms with Gasteiger partial charge in [0.2, 0.25) is 0 Å². The lowest BCUT2D eigenvalue weighted by Gasteiger charge is -2.12. The standard InChI is InChI=1S/C9H16N2O5/c1-3-16-8(14)6(2)11-9(15)10-5-4-7(12)13/h6H,3-5H2,1-2H3,(H,12,13)(H2,10,11,15). The van der Waals surface area contributed by atoms with Gasteiger partial charge < -0.3 is 20.5 Å². The van der Waals surface area contributed by atoms with Crippen molar-refractivity contribution >= 4 is 18.0 Å². The summed E-state index contributed by atoms with van der Waals surface area (Å²) < 4.78 is 4.67. The number of carboxylic acid groups (broad SMARTS) is 1. The van der Waals surface area contributed by atoms with E-state index in [0.717, 1.165) is 0 Å². The molecule has 1 atom stereocenters. The van der Waals surface area contributed by atoms with Gasteiger partial charge in [0.25, 0.3) is 0 Å². The van der Waals surface area contributed by atoms with Gasteiger partial charge in [-0.3, -0.25) is 4.79 Å². The van der Waals surface area contributed by atoms with Crippen molar-refractivity contribution in [3.05, 3.63) is 0 Å². The lowest BCUT2D eigenvalue weighted by molar-refractivity contribution is -0.145. The van der Waals surface area contributed by atoms with E-state index in [2.05, 4.69) is 15.4 Å². The molecule has 0 rings (SSSR count). The summed E-state index contributed by atoms with van der Waals surface area (Å²) in [5.74, 6) is -1.53. The highest BCUT2D eigenvalue weighted by molar-refractivity contribution is 5.83. The average Bonchev–Trinajstić information content (AvgIpc) is 2.17. The Morgan fingerprint density at radius 3 is 2.50 bits per heavy atom.